The number of aromatic amines is 1. The van der Waals surface area contributed by atoms with Crippen molar-refractivity contribution in [2.75, 3.05) is 0 Å². The fourth-order valence-electron chi connectivity index (χ4n) is 2.17. The van der Waals surface area contributed by atoms with Gasteiger partial charge < -0.3 is 15.1 Å². The van der Waals surface area contributed by atoms with Crippen molar-refractivity contribution in [1.82, 2.24) is 9.97 Å². The summed E-state index contributed by atoms with van der Waals surface area (Å²) in [4.78, 5) is 7.42. The van der Waals surface area contributed by atoms with Crippen LogP contribution in [0, 0.1) is 6.92 Å². The van der Waals surface area contributed by atoms with Crippen LogP contribution in [0.3, 0.4) is 0 Å². The van der Waals surface area contributed by atoms with Crippen molar-refractivity contribution in [2.24, 2.45) is 5.73 Å². The van der Waals surface area contributed by atoms with Gasteiger partial charge in [0.2, 0.25) is 5.89 Å². The highest BCUT2D eigenvalue weighted by atomic mass is 16.4. The standard InChI is InChI=1S/C14H15N3O/c1-9-7-17-14(18-9)12(15)6-10-8-16-13-5-3-2-4-11(10)13/h2-5,7-8,12,16H,6,15H2,1H3/t12-/m1/s1. The van der Waals surface area contributed by atoms with Crippen molar-refractivity contribution in [3.05, 3.63) is 53.9 Å². The third-order valence-electron chi connectivity index (χ3n) is 3.07. The lowest BCUT2D eigenvalue weighted by Crippen LogP contribution is -2.13. The number of aryl methyl sites for hydroxylation is 1. The molecule has 4 nitrogen and oxygen atoms in total. The minimum Gasteiger partial charge on any atom is -0.444 e. The molecule has 0 spiro atoms. The van der Waals surface area contributed by atoms with Crippen molar-refractivity contribution in [3.63, 3.8) is 0 Å². The summed E-state index contributed by atoms with van der Waals surface area (Å²) in [5.41, 5.74) is 8.44. The Morgan fingerprint density at radius 1 is 1.39 bits per heavy atom. The van der Waals surface area contributed by atoms with Gasteiger partial charge in [0.05, 0.1) is 12.2 Å². The second-order valence-corrected chi connectivity index (χ2v) is 4.48. The topological polar surface area (TPSA) is 67.8 Å². The molecule has 18 heavy (non-hydrogen) atoms. The van der Waals surface area contributed by atoms with E-state index in [1.165, 1.54) is 10.9 Å². The molecular formula is C14H15N3O. The lowest BCUT2D eigenvalue weighted by atomic mass is 10.1. The third-order valence-corrected chi connectivity index (χ3v) is 3.07. The largest absolute Gasteiger partial charge is 0.444 e. The van der Waals surface area contributed by atoms with Gasteiger partial charge in [-0.1, -0.05) is 18.2 Å². The van der Waals surface area contributed by atoms with Crippen LogP contribution in [0.15, 0.2) is 41.1 Å². The molecule has 3 aromatic rings. The molecule has 0 aliphatic rings. The van der Waals surface area contributed by atoms with Gasteiger partial charge in [0.25, 0.3) is 0 Å². The molecule has 3 N–H and O–H groups in total. The van der Waals surface area contributed by atoms with E-state index in [4.69, 9.17) is 10.2 Å². The van der Waals surface area contributed by atoms with Gasteiger partial charge in [0.1, 0.15) is 5.76 Å². The van der Waals surface area contributed by atoms with E-state index >= 15 is 0 Å². The summed E-state index contributed by atoms with van der Waals surface area (Å²) >= 11 is 0. The van der Waals surface area contributed by atoms with E-state index < -0.39 is 0 Å². The summed E-state index contributed by atoms with van der Waals surface area (Å²) in [6, 6.07) is 7.98. The zero-order chi connectivity index (χ0) is 12.5. The molecule has 0 fully saturated rings. The number of rotatable bonds is 3. The molecule has 0 saturated carbocycles. The first kappa shape index (κ1) is 11.0. The zero-order valence-electron chi connectivity index (χ0n) is 10.2. The number of hydrogen-bond donors (Lipinski definition) is 2. The minimum absolute atomic E-state index is 0.210. The van der Waals surface area contributed by atoms with Crippen molar-refractivity contribution in [3.8, 4) is 0 Å². The number of para-hydroxylation sites is 1. The number of nitrogens with zero attached hydrogens (tertiary/aromatic N) is 1. The molecule has 0 bridgehead atoms. The number of fused-ring (bicyclic) bond motifs is 1. The van der Waals surface area contributed by atoms with E-state index in [0.29, 0.717) is 12.3 Å². The molecular weight excluding hydrogens is 226 g/mol. The summed E-state index contributed by atoms with van der Waals surface area (Å²) in [6.45, 7) is 1.87. The van der Waals surface area contributed by atoms with Gasteiger partial charge in [0, 0.05) is 17.1 Å². The van der Waals surface area contributed by atoms with Crippen LogP contribution in [0.4, 0.5) is 0 Å². The molecule has 4 heteroatoms. The Morgan fingerprint density at radius 3 is 3.00 bits per heavy atom. The van der Waals surface area contributed by atoms with Gasteiger partial charge in [0.15, 0.2) is 0 Å². The van der Waals surface area contributed by atoms with Crippen molar-refractivity contribution in [2.45, 2.75) is 19.4 Å². The molecule has 1 aromatic carbocycles. The first-order valence-electron chi connectivity index (χ1n) is 5.97. The summed E-state index contributed by atoms with van der Waals surface area (Å²) in [6.07, 6.45) is 4.41. The molecule has 0 unspecified atom stereocenters. The molecule has 0 amide bonds. The third kappa shape index (κ3) is 1.91. The number of aromatic nitrogens is 2. The molecule has 2 aromatic heterocycles. The van der Waals surface area contributed by atoms with Crippen LogP contribution in [0.1, 0.15) is 23.3 Å². The van der Waals surface area contributed by atoms with Crippen molar-refractivity contribution < 1.29 is 4.42 Å². The van der Waals surface area contributed by atoms with Crippen molar-refractivity contribution >= 4 is 10.9 Å². The van der Waals surface area contributed by atoms with E-state index in [2.05, 4.69) is 22.1 Å². The number of H-pyrrole nitrogens is 1. The molecule has 2 heterocycles. The summed E-state index contributed by atoms with van der Waals surface area (Å²) in [5.74, 6) is 1.39. The second kappa shape index (κ2) is 4.31. The zero-order valence-corrected chi connectivity index (χ0v) is 10.2. The SMILES string of the molecule is Cc1cnc([C@H](N)Cc2c[nH]c3ccccc23)o1. The highest BCUT2D eigenvalue weighted by Crippen LogP contribution is 2.22. The normalized spacial score (nSPS) is 13.0. The van der Waals surface area contributed by atoms with Crippen LogP contribution >= 0.6 is 0 Å². The van der Waals surface area contributed by atoms with Gasteiger partial charge in [-0.25, -0.2) is 4.98 Å². The summed E-state index contributed by atoms with van der Waals surface area (Å²) in [5, 5.41) is 1.20. The highest BCUT2D eigenvalue weighted by molar-refractivity contribution is 5.83. The summed E-state index contributed by atoms with van der Waals surface area (Å²) < 4.78 is 5.46. The van der Waals surface area contributed by atoms with Gasteiger partial charge in [-0.05, 0) is 25.0 Å². The molecule has 0 radical (unpaired) electrons. The molecule has 0 aliphatic heterocycles. The molecule has 0 aliphatic carbocycles. The van der Waals surface area contributed by atoms with Gasteiger partial charge >= 0.3 is 0 Å². The van der Waals surface area contributed by atoms with Gasteiger partial charge in [-0.2, -0.15) is 0 Å². The number of nitrogens with two attached hydrogens (primary N) is 1. The molecule has 92 valence electrons. The van der Waals surface area contributed by atoms with E-state index in [1.54, 1.807) is 6.20 Å². The lowest BCUT2D eigenvalue weighted by Gasteiger charge is -2.06. The number of nitrogens with one attached hydrogen (secondary N) is 1. The average molecular weight is 241 g/mol. The maximum Gasteiger partial charge on any atom is 0.211 e. The Kier molecular flexibility index (Phi) is 2.64. The fraction of sp³-hybridized carbons (Fsp3) is 0.214. The minimum atomic E-state index is -0.210. The van der Waals surface area contributed by atoms with Gasteiger partial charge in [-0.15, -0.1) is 0 Å². The van der Waals surface area contributed by atoms with Crippen LogP contribution in [0.5, 0.6) is 0 Å². The summed E-state index contributed by atoms with van der Waals surface area (Å²) in [7, 11) is 0. The Balaban J connectivity index is 1.88. The number of benzene rings is 1. The monoisotopic (exact) mass is 241 g/mol. The van der Waals surface area contributed by atoms with E-state index in [1.807, 2.05) is 25.3 Å². The molecule has 1 atom stereocenters. The highest BCUT2D eigenvalue weighted by Gasteiger charge is 2.14. The fourth-order valence-corrected chi connectivity index (χ4v) is 2.17. The Morgan fingerprint density at radius 2 is 2.22 bits per heavy atom. The molecule has 3 rings (SSSR count). The maximum absolute atomic E-state index is 6.12. The number of hydrogen-bond acceptors (Lipinski definition) is 3. The Hall–Kier alpha value is -2.07. The predicted octanol–water partition coefficient (Wildman–Crippen LogP) is 2.71. The maximum atomic E-state index is 6.12. The second-order valence-electron chi connectivity index (χ2n) is 4.48. The van der Waals surface area contributed by atoms with Crippen LogP contribution < -0.4 is 5.73 Å². The Labute approximate surface area is 105 Å². The first-order chi connectivity index (χ1) is 8.74. The van der Waals surface area contributed by atoms with E-state index in [9.17, 15) is 0 Å². The van der Waals surface area contributed by atoms with Crippen LogP contribution in [-0.2, 0) is 6.42 Å². The van der Waals surface area contributed by atoms with E-state index in [-0.39, 0.29) is 6.04 Å². The van der Waals surface area contributed by atoms with Crippen LogP contribution in [0.2, 0.25) is 0 Å². The lowest BCUT2D eigenvalue weighted by molar-refractivity contribution is 0.431. The molecule has 0 saturated heterocycles. The Bertz CT molecular complexity index is 668. The predicted molar refractivity (Wildman–Crippen MR) is 70.2 cm³/mol. The first-order valence-corrected chi connectivity index (χ1v) is 5.97. The quantitative estimate of drug-likeness (QED) is 0.740. The van der Waals surface area contributed by atoms with Crippen LogP contribution in [0.25, 0.3) is 10.9 Å². The van der Waals surface area contributed by atoms with E-state index in [0.717, 1.165) is 11.3 Å². The number of oxazole rings is 1. The van der Waals surface area contributed by atoms with Crippen LogP contribution in [-0.4, -0.2) is 9.97 Å². The average Bonchev–Trinajstić information content (AvgIpc) is 2.97. The van der Waals surface area contributed by atoms with Gasteiger partial charge in [-0.3, -0.25) is 0 Å². The van der Waals surface area contributed by atoms with Crippen molar-refractivity contribution in [1.29, 1.82) is 0 Å². The smallest absolute Gasteiger partial charge is 0.211 e.